The van der Waals surface area contributed by atoms with Crippen molar-refractivity contribution in [1.82, 2.24) is 20.1 Å². The molecule has 0 aliphatic carbocycles. The van der Waals surface area contributed by atoms with E-state index in [1.54, 1.807) is 49.2 Å². The average molecular weight is 449 g/mol. The molecule has 1 amide bonds. The van der Waals surface area contributed by atoms with E-state index < -0.39 is 5.41 Å². The number of carbonyl (C=O) groups excluding carboxylic acids is 1. The molecule has 0 radical (unpaired) electrons. The number of rotatable bonds is 7. The van der Waals surface area contributed by atoms with Gasteiger partial charge in [0.1, 0.15) is 29.2 Å². The first kappa shape index (κ1) is 22.1. The van der Waals surface area contributed by atoms with Crippen LogP contribution in [0, 0.1) is 11.2 Å². The van der Waals surface area contributed by atoms with Crippen molar-refractivity contribution in [3.05, 3.63) is 78.3 Å². The summed E-state index contributed by atoms with van der Waals surface area (Å²) in [5.41, 5.74) is 7.34. The number of nitrogens with zero attached hydrogens (tertiary/aromatic N) is 5. The maximum atomic E-state index is 14.3. The molecule has 1 aromatic carbocycles. The number of benzene rings is 1. The second-order valence-electron chi connectivity index (χ2n) is 8.25. The van der Waals surface area contributed by atoms with Gasteiger partial charge in [0.15, 0.2) is 11.6 Å². The number of nitrogens with one attached hydrogen (secondary N) is 1. The summed E-state index contributed by atoms with van der Waals surface area (Å²) in [5, 5.41) is 13.1. The van der Waals surface area contributed by atoms with Gasteiger partial charge in [-0.1, -0.05) is 29.4 Å². The van der Waals surface area contributed by atoms with Crippen molar-refractivity contribution in [2.24, 2.45) is 10.5 Å². The van der Waals surface area contributed by atoms with Gasteiger partial charge in [-0.05, 0) is 19.9 Å². The highest BCUT2D eigenvalue weighted by atomic mass is 19.1. The summed E-state index contributed by atoms with van der Waals surface area (Å²) in [6.07, 6.45) is 4.90. The summed E-state index contributed by atoms with van der Waals surface area (Å²) >= 11 is 0. The van der Waals surface area contributed by atoms with E-state index in [2.05, 4.69) is 32.1 Å². The second kappa shape index (κ2) is 8.81. The number of aromatic nitrogens is 3. The van der Waals surface area contributed by atoms with E-state index in [4.69, 9.17) is 10.3 Å². The van der Waals surface area contributed by atoms with Crippen molar-refractivity contribution in [3.63, 3.8) is 0 Å². The van der Waals surface area contributed by atoms with E-state index in [0.29, 0.717) is 34.9 Å². The van der Waals surface area contributed by atoms with Crippen LogP contribution in [-0.4, -0.2) is 31.8 Å². The van der Waals surface area contributed by atoms with Gasteiger partial charge in [-0.3, -0.25) is 9.80 Å². The molecular weight excluding hydrogens is 425 g/mol. The van der Waals surface area contributed by atoms with Crippen LogP contribution in [0.25, 0.3) is 0 Å². The number of hydrogen-bond donors (Lipinski definition) is 2. The van der Waals surface area contributed by atoms with Gasteiger partial charge in [0, 0.05) is 18.1 Å². The maximum absolute atomic E-state index is 14.3. The van der Waals surface area contributed by atoms with Gasteiger partial charge in [0.05, 0.1) is 24.2 Å². The number of anilines is 2. The smallest absolute Gasteiger partial charge is 0.233 e. The first-order valence-electron chi connectivity index (χ1n) is 10.3. The standard InChI is InChI=1S/C23H24FN7O2/c1-4-23(2,3)22(32)27-18-12-26-21(28-20(18)25)17-11-19(16-9-10-33-30-16)31(29-17)13-14-7-5-6-8-15(14)24/h4-10,12,19H,1,11,13H2,2-3H3,(H,27,32)(H2,25,26,28). The predicted molar refractivity (Wildman–Crippen MR) is 121 cm³/mol. The molecule has 1 atom stereocenters. The molecule has 170 valence electrons. The molecule has 1 unspecified atom stereocenters. The third-order valence-corrected chi connectivity index (χ3v) is 5.51. The first-order valence-corrected chi connectivity index (χ1v) is 10.3. The van der Waals surface area contributed by atoms with E-state index in [-0.39, 0.29) is 30.1 Å². The Labute approximate surface area is 190 Å². The van der Waals surface area contributed by atoms with E-state index >= 15 is 0 Å². The molecule has 3 N–H and O–H groups in total. The molecule has 33 heavy (non-hydrogen) atoms. The van der Waals surface area contributed by atoms with Crippen molar-refractivity contribution in [3.8, 4) is 0 Å². The van der Waals surface area contributed by atoms with Gasteiger partial charge in [-0.15, -0.1) is 6.58 Å². The molecule has 0 bridgehead atoms. The molecule has 1 aliphatic rings. The van der Waals surface area contributed by atoms with Crippen molar-refractivity contribution in [2.45, 2.75) is 32.9 Å². The number of nitrogens with two attached hydrogens (primary N) is 1. The van der Waals surface area contributed by atoms with E-state index in [9.17, 15) is 9.18 Å². The Kier molecular flexibility index (Phi) is 5.91. The highest BCUT2D eigenvalue weighted by molar-refractivity contribution is 6.00. The molecule has 1 aliphatic heterocycles. The van der Waals surface area contributed by atoms with Gasteiger partial charge in [0.2, 0.25) is 5.91 Å². The monoisotopic (exact) mass is 449 g/mol. The minimum Gasteiger partial charge on any atom is -0.382 e. The molecule has 3 heterocycles. The molecule has 0 saturated carbocycles. The number of carbonyl (C=O) groups is 1. The molecule has 0 spiro atoms. The van der Waals surface area contributed by atoms with E-state index in [0.717, 1.165) is 0 Å². The van der Waals surface area contributed by atoms with Gasteiger partial charge < -0.3 is 15.6 Å². The quantitative estimate of drug-likeness (QED) is 0.528. The SMILES string of the molecule is C=CC(C)(C)C(=O)Nc1cnc(C2=NN(Cc3ccccc3F)C(c3ccon3)C2)nc1N. The summed E-state index contributed by atoms with van der Waals surface area (Å²) in [6, 6.07) is 7.99. The number of halogens is 1. The van der Waals surface area contributed by atoms with Gasteiger partial charge in [-0.25, -0.2) is 14.4 Å². The number of hydrogen-bond acceptors (Lipinski definition) is 8. The third-order valence-electron chi connectivity index (χ3n) is 5.51. The molecule has 2 aromatic heterocycles. The minimum atomic E-state index is -0.779. The van der Waals surface area contributed by atoms with Crippen LogP contribution in [0.5, 0.6) is 0 Å². The van der Waals surface area contributed by atoms with Crippen molar-refractivity contribution < 1.29 is 13.7 Å². The second-order valence-corrected chi connectivity index (χ2v) is 8.25. The zero-order chi connectivity index (χ0) is 23.6. The summed E-state index contributed by atoms with van der Waals surface area (Å²) in [5.74, 6) is -0.163. The van der Waals surface area contributed by atoms with Crippen molar-refractivity contribution in [2.75, 3.05) is 11.1 Å². The summed E-state index contributed by atoms with van der Waals surface area (Å²) in [7, 11) is 0. The lowest BCUT2D eigenvalue weighted by Crippen LogP contribution is -2.29. The zero-order valence-electron chi connectivity index (χ0n) is 18.3. The van der Waals surface area contributed by atoms with Crippen LogP contribution in [0.4, 0.5) is 15.9 Å². The Morgan fingerprint density at radius 2 is 2.18 bits per heavy atom. The van der Waals surface area contributed by atoms with Crippen LogP contribution < -0.4 is 11.1 Å². The number of nitrogen functional groups attached to an aromatic ring is 1. The Hall–Kier alpha value is -4.08. The maximum Gasteiger partial charge on any atom is 0.233 e. The lowest BCUT2D eigenvalue weighted by molar-refractivity contribution is -0.121. The first-order chi connectivity index (χ1) is 15.8. The molecule has 9 nitrogen and oxygen atoms in total. The van der Waals surface area contributed by atoms with Crippen LogP contribution >= 0.6 is 0 Å². The van der Waals surface area contributed by atoms with Crippen molar-refractivity contribution in [1.29, 1.82) is 0 Å². The number of hydrazone groups is 1. The largest absolute Gasteiger partial charge is 0.382 e. The molecule has 10 heteroatoms. The van der Waals surface area contributed by atoms with Crippen molar-refractivity contribution >= 4 is 23.1 Å². The fraction of sp³-hybridized carbons (Fsp3) is 0.261. The minimum absolute atomic E-state index is 0.112. The van der Waals surface area contributed by atoms with Crippen LogP contribution in [0.15, 0.2) is 65.1 Å². The van der Waals surface area contributed by atoms with E-state index in [1.165, 1.54) is 18.5 Å². The highest BCUT2D eigenvalue weighted by Gasteiger charge is 2.33. The van der Waals surface area contributed by atoms with Gasteiger partial charge in [-0.2, -0.15) is 5.10 Å². The van der Waals surface area contributed by atoms with Gasteiger partial charge in [0.25, 0.3) is 0 Å². The fourth-order valence-electron chi connectivity index (χ4n) is 3.29. The summed E-state index contributed by atoms with van der Waals surface area (Å²) in [4.78, 5) is 21.1. The Balaban J connectivity index is 1.60. The highest BCUT2D eigenvalue weighted by Crippen LogP contribution is 2.33. The summed E-state index contributed by atoms with van der Waals surface area (Å²) in [6.45, 7) is 7.38. The molecule has 4 rings (SSSR count). The Morgan fingerprint density at radius 3 is 2.85 bits per heavy atom. The van der Waals surface area contributed by atoms with Crippen LogP contribution in [0.2, 0.25) is 0 Å². The van der Waals surface area contributed by atoms with Gasteiger partial charge >= 0.3 is 0 Å². The predicted octanol–water partition coefficient (Wildman–Crippen LogP) is 3.69. The zero-order valence-corrected chi connectivity index (χ0v) is 18.3. The van der Waals surface area contributed by atoms with Crippen LogP contribution in [-0.2, 0) is 11.3 Å². The molecular formula is C23H24FN7O2. The van der Waals surface area contributed by atoms with Crippen LogP contribution in [0.3, 0.4) is 0 Å². The average Bonchev–Trinajstić information content (AvgIpc) is 3.46. The fourth-order valence-corrected chi connectivity index (χ4v) is 3.29. The summed E-state index contributed by atoms with van der Waals surface area (Å²) < 4.78 is 19.3. The Morgan fingerprint density at radius 1 is 1.39 bits per heavy atom. The van der Waals surface area contributed by atoms with E-state index in [1.807, 2.05) is 0 Å². The lowest BCUT2D eigenvalue weighted by atomic mass is 9.93. The number of amides is 1. The normalized spacial score (nSPS) is 15.9. The molecule has 0 saturated heterocycles. The third kappa shape index (κ3) is 4.59. The Bertz CT molecular complexity index is 1210. The lowest BCUT2D eigenvalue weighted by Gasteiger charge is -2.21. The van der Waals surface area contributed by atoms with Crippen LogP contribution in [0.1, 0.15) is 43.4 Å². The molecule has 0 fully saturated rings. The molecule has 3 aromatic rings. The topological polar surface area (TPSA) is 123 Å².